The van der Waals surface area contributed by atoms with Crippen molar-refractivity contribution in [1.82, 2.24) is 9.47 Å². The Morgan fingerprint density at radius 1 is 1.18 bits per heavy atom. The molecule has 1 fully saturated rings. The number of carbonyl (C=O) groups excluding carboxylic acids is 3. The molecule has 8 nitrogen and oxygen atoms in total. The minimum atomic E-state index is -4.52. The van der Waals surface area contributed by atoms with Gasteiger partial charge in [0, 0.05) is 12.7 Å². The predicted molar refractivity (Wildman–Crippen MR) is 139 cm³/mol. The van der Waals surface area contributed by atoms with E-state index in [0.717, 1.165) is 30.3 Å². The fourth-order valence-corrected chi connectivity index (χ4v) is 6.87. The highest BCUT2D eigenvalue weighted by Crippen LogP contribution is 2.54. The number of halogens is 3. The highest BCUT2D eigenvalue weighted by atomic mass is 32.1. The molecule has 3 amide bonds. The van der Waals surface area contributed by atoms with E-state index in [1.54, 1.807) is 31.3 Å². The van der Waals surface area contributed by atoms with E-state index in [-0.39, 0.29) is 36.3 Å². The van der Waals surface area contributed by atoms with E-state index in [0.29, 0.717) is 27.9 Å². The number of aromatic nitrogens is 1. The number of urea groups is 1. The monoisotopic (exact) mass is 563 g/mol. The molecule has 12 heteroatoms. The largest absolute Gasteiger partial charge is 0.468 e. The van der Waals surface area contributed by atoms with Crippen LogP contribution in [0.1, 0.15) is 39.5 Å². The van der Waals surface area contributed by atoms with Crippen LogP contribution in [0.3, 0.4) is 0 Å². The Hall–Kier alpha value is -3.41. The number of aryl methyl sites for hydroxylation is 1. The zero-order chi connectivity index (χ0) is 28.5. The van der Waals surface area contributed by atoms with Crippen molar-refractivity contribution in [3.63, 3.8) is 0 Å². The Balaban J connectivity index is 1.65. The van der Waals surface area contributed by atoms with Crippen LogP contribution in [0.15, 0.2) is 46.3 Å². The summed E-state index contributed by atoms with van der Waals surface area (Å²) in [5.41, 5.74) is -2.44. The number of carbonyl (C=O) groups is 3. The van der Waals surface area contributed by atoms with Gasteiger partial charge in [-0.2, -0.15) is 13.2 Å². The first kappa shape index (κ1) is 27.2. The summed E-state index contributed by atoms with van der Waals surface area (Å²) in [4.78, 5) is 55.1. The number of amides is 3. The molecule has 0 radical (unpaired) electrons. The van der Waals surface area contributed by atoms with Crippen molar-refractivity contribution < 1.29 is 32.3 Å². The second kappa shape index (κ2) is 9.07. The van der Waals surface area contributed by atoms with E-state index < -0.39 is 41.0 Å². The molecule has 2 aliphatic carbocycles. The van der Waals surface area contributed by atoms with Crippen molar-refractivity contribution in [1.29, 1.82) is 0 Å². The summed E-state index contributed by atoms with van der Waals surface area (Å²) in [7, 11) is 2.77. The topological polar surface area (TPSA) is 88.9 Å². The standard InChI is InChI=1S/C27H28F3N3O5S/c1-25(22(35)38-4)14-32(15-10-11-19-20(13-15)39-24(37)31(19)3)23(36)33(21(25)34)18-9-5-8-17-16(18)7-6-12-26(17,2)27(28,29)30/h6-7,10-11,13,18H,5,8-9,12,14H2,1-4H3. The van der Waals surface area contributed by atoms with Gasteiger partial charge < -0.3 is 9.30 Å². The molecular weight excluding hydrogens is 535 g/mol. The molecule has 0 bridgehead atoms. The number of hydrogen-bond acceptors (Lipinski definition) is 6. The molecule has 3 unspecified atom stereocenters. The number of nitrogens with zero attached hydrogens (tertiary/aromatic N) is 3. The molecule has 39 heavy (non-hydrogen) atoms. The van der Waals surface area contributed by atoms with Gasteiger partial charge in [0.15, 0.2) is 5.41 Å². The van der Waals surface area contributed by atoms with Crippen molar-refractivity contribution >= 4 is 45.1 Å². The van der Waals surface area contributed by atoms with Crippen molar-refractivity contribution in [3.8, 4) is 0 Å². The first-order chi connectivity index (χ1) is 18.2. The number of esters is 1. The first-order valence-electron chi connectivity index (χ1n) is 12.5. The molecule has 3 aliphatic rings. The zero-order valence-electron chi connectivity index (χ0n) is 21.9. The average molecular weight is 564 g/mol. The quantitative estimate of drug-likeness (QED) is 0.391. The van der Waals surface area contributed by atoms with Crippen LogP contribution in [0, 0.1) is 10.8 Å². The van der Waals surface area contributed by atoms with Gasteiger partial charge in [-0.25, -0.2) is 4.79 Å². The Morgan fingerprint density at radius 2 is 1.90 bits per heavy atom. The number of benzene rings is 1. The minimum Gasteiger partial charge on any atom is -0.468 e. The SMILES string of the molecule is COC(=O)C1(C)CN(c2ccc3c(c2)sc(=O)n3C)C(=O)N(C2CCCC3=C2C=CCC3(C)C(F)(F)F)C1=O. The summed E-state index contributed by atoms with van der Waals surface area (Å²) in [6.07, 6.45) is -0.922. The number of alkyl halides is 3. The van der Waals surface area contributed by atoms with Crippen LogP contribution in [0.25, 0.3) is 10.2 Å². The summed E-state index contributed by atoms with van der Waals surface area (Å²) in [5, 5.41) is 0. The van der Waals surface area contributed by atoms with Crippen LogP contribution in [-0.4, -0.2) is 53.2 Å². The van der Waals surface area contributed by atoms with E-state index in [1.165, 1.54) is 22.5 Å². The number of imide groups is 1. The van der Waals surface area contributed by atoms with Crippen LogP contribution in [0.2, 0.25) is 0 Å². The maximum Gasteiger partial charge on any atom is 0.398 e. The second-order valence-corrected chi connectivity index (χ2v) is 11.7. The van der Waals surface area contributed by atoms with Crippen LogP contribution in [0.4, 0.5) is 23.7 Å². The lowest BCUT2D eigenvalue weighted by atomic mass is 9.67. The predicted octanol–water partition coefficient (Wildman–Crippen LogP) is 4.93. The van der Waals surface area contributed by atoms with Crippen molar-refractivity contribution in [2.75, 3.05) is 18.6 Å². The molecular formula is C27H28F3N3O5S. The van der Waals surface area contributed by atoms with Gasteiger partial charge in [0.2, 0.25) is 5.91 Å². The summed E-state index contributed by atoms with van der Waals surface area (Å²) in [6, 6.07) is 3.21. The molecule has 5 rings (SSSR count). The van der Waals surface area contributed by atoms with E-state index in [4.69, 9.17) is 4.74 Å². The lowest BCUT2D eigenvalue weighted by molar-refractivity contribution is -0.204. The van der Waals surface area contributed by atoms with E-state index >= 15 is 0 Å². The zero-order valence-corrected chi connectivity index (χ0v) is 22.7. The molecule has 3 atom stereocenters. The number of rotatable bonds is 3. The summed E-state index contributed by atoms with van der Waals surface area (Å²) in [5.74, 6) is -1.67. The van der Waals surface area contributed by atoms with Crippen molar-refractivity contribution in [3.05, 3.63) is 51.2 Å². The Bertz CT molecular complexity index is 1520. The van der Waals surface area contributed by atoms with Gasteiger partial charge in [0.25, 0.3) is 0 Å². The maximum atomic E-state index is 14.2. The lowest BCUT2D eigenvalue weighted by Gasteiger charge is -2.48. The number of thiazole rings is 1. The fraction of sp³-hybridized carbons (Fsp3) is 0.481. The molecule has 1 aromatic carbocycles. The highest BCUT2D eigenvalue weighted by Gasteiger charge is 2.58. The molecule has 1 saturated heterocycles. The Morgan fingerprint density at radius 3 is 2.56 bits per heavy atom. The maximum absolute atomic E-state index is 14.2. The molecule has 1 aliphatic heterocycles. The second-order valence-electron chi connectivity index (χ2n) is 10.7. The smallest absolute Gasteiger partial charge is 0.398 e. The fourth-order valence-electron chi connectivity index (χ4n) is 5.96. The molecule has 2 heterocycles. The highest BCUT2D eigenvalue weighted by molar-refractivity contribution is 7.16. The third-order valence-electron chi connectivity index (χ3n) is 8.36. The van der Waals surface area contributed by atoms with Crippen molar-refractivity contribution in [2.45, 2.75) is 51.7 Å². The number of methoxy groups -OCH3 is 1. The molecule has 0 N–H and O–H groups in total. The summed E-state index contributed by atoms with van der Waals surface area (Å²) < 4.78 is 49.7. The van der Waals surface area contributed by atoms with Gasteiger partial charge in [0.1, 0.15) is 0 Å². The molecule has 0 saturated carbocycles. The molecule has 208 valence electrons. The Labute approximate surface area is 226 Å². The van der Waals surface area contributed by atoms with Gasteiger partial charge in [-0.05, 0) is 68.9 Å². The number of fused-ring (bicyclic) bond motifs is 1. The lowest BCUT2D eigenvalue weighted by Crippen LogP contribution is -2.66. The molecule has 0 spiro atoms. The van der Waals surface area contributed by atoms with Gasteiger partial charge in [0.05, 0.1) is 35.3 Å². The van der Waals surface area contributed by atoms with Gasteiger partial charge in [-0.3, -0.25) is 24.2 Å². The Kier molecular flexibility index (Phi) is 6.32. The van der Waals surface area contributed by atoms with Gasteiger partial charge >= 0.3 is 23.0 Å². The number of anilines is 1. The van der Waals surface area contributed by atoms with Gasteiger partial charge in [-0.15, -0.1) is 0 Å². The van der Waals surface area contributed by atoms with E-state index in [1.807, 2.05) is 0 Å². The average Bonchev–Trinajstić information content (AvgIpc) is 3.18. The van der Waals surface area contributed by atoms with E-state index in [2.05, 4.69) is 0 Å². The van der Waals surface area contributed by atoms with Crippen molar-refractivity contribution in [2.24, 2.45) is 17.9 Å². The van der Waals surface area contributed by atoms with Crippen LogP contribution < -0.4 is 9.77 Å². The van der Waals surface area contributed by atoms with E-state index in [9.17, 15) is 32.3 Å². The third-order valence-corrected chi connectivity index (χ3v) is 9.36. The summed E-state index contributed by atoms with van der Waals surface area (Å²) >= 11 is 0.989. The molecule has 2 aromatic rings. The van der Waals surface area contributed by atoms with Crippen LogP contribution >= 0.6 is 11.3 Å². The number of allylic oxidation sites excluding steroid dienone is 2. The van der Waals surface area contributed by atoms with Gasteiger partial charge in [-0.1, -0.05) is 23.5 Å². The van der Waals surface area contributed by atoms with Crippen LogP contribution in [0.5, 0.6) is 0 Å². The first-order valence-corrected chi connectivity index (χ1v) is 13.4. The number of hydrogen-bond donors (Lipinski definition) is 0. The molecule has 1 aromatic heterocycles. The summed E-state index contributed by atoms with van der Waals surface area (Å²) in [6.45, 7) is 2.21. The minimum absolute atomic E-state index is 0.168. The third kappa shape index (κ3) is 3.94. The normalized spacial score (nSPS) is 27.8. The van der Waals surface area contributed by atoms with Crippen LogP contribution in [-0.2, 0) is 21.4 Å². The number of ether oxygens (including phenoxy) is 1.